The zero-order chi connectivity index (χ0) is 14.2. The zero-order valence-corrected chi connectivity index (χ0v) is 13.1. The van der Waals surface area contributed by atoms with Crippen molar-refractivity contribution in [3.05, 3.63) is 33.4 Å². The summed E-state index contributed by atoms with van der Waals surface area (Å²) < 4.78 is 0. The van der Waals surface area contributed by atoms with E-state index in [2.05, 4.69) is 34.6 Å². The molecule has 1 aliphatic rings. The fourth-order valence-electron chi connectivity index (χ4n) is 3.66. The lowest BCUT2D eigenvalue weighted by atomic mass is 9.78. The summed E-state index contributed by atoms with van der Waals surface area (Å²) in [7, 11) is 0. The lowest BCUT2D eigenvalue weighted by Crippen LogP contribution is -2.19. The van der Waals surface area contributed by atoms with Crippen molar-refractivity contribution in [3.8, 4) is 0 Å². The van der Waals surface area contributed by atoms with E-state index < -0.39 is 0 Å². The first kappa shape index (κ1) is 14.6. The number of hydrogen-bond acceptors (Lipinski definition) is 1. The minimum absolute atomic E-state index is 0.265. The SMILES string of the molecule is Cc1c(C)c(C)c(C(O)C2CCCCC2)c(C)c1C. The van der Waals surface area contributed by atoms with Gasteiger partial charge in [0.2, 0.25) is 0 Å². The molecule has 1 unspecified atom stereocenters. The molecule has 1 aromatic rings. The van der Waals surface area contributed by atoms with Crippen molar-refractivity contribution in [2.45, 2.75) is 72.8 Å². The lowest BCUT2D eigenvalue weighted by molar-refractivity contribution is 0.0836. The van der Waals surface area contributed by atoms with Crippen molar-refractivity contribution in [3.63, 3.8) is 0 Å². The maximum atomic E-state index is 10.8. The van der Waals surface area contributed by atoms with Crippen LogP contribution in [0.5, 0.6) is 0 Å². The molecule has 0 bridgehead atoms. The van der Waals surface area contributed by atoms with Gasteiger partial charge in [-0.2, -0.15) is 0 Å². The van der Waals surface area contributed by atoms with E-state index in [1.165, 1.54) is 65.5 Å². The Bertz CT molecular complexity index is 438. The van der Waals surface area contributed by atoms with Gasteiger partial charge in [0, 0.05) is 0 Å². The largest absolute Gasteiger partial charge is 0.388 e. The van der Waals surface area contributed by atoms with Crippen LogP contribution >= 0.6 is 0 Å². The standard InChI is InChI=1S/C18H28O/c1-11-12(2)14(4)17(15(5)13(11)3)18(19)16-9-7-6-8-10-16/h16,18-19H,6-10H2,1-5H3. The summed E-state index contributed by atoms with van der Waals surface area (Å²) in [5, 5.41) is 10.8. The van der Waals surface area contributed by atoms with Gasteiger partial charge in [0.25, 0.3) is 0 Å². The number of hydrogen-bond donors (Lipinski definition) is 1. The molecule has 1 nitrogen and oxygen atoms in total. The summed E-state index contributed by atoms with van der Waals surface area (Å²) in [6.45, 7) is 10.9. The summed E-state index contributed by atoms with van der Waals surface area (Å²) in [6.07, 6.45) is 6.01. The van der Waals surface area contributed by atoms with Gasteiger partial charge in [-0.3, -0.25) is 0 Å². The number of aliphatic hydroxyl groups is 1. The van der Waals surface area contributed by atoms with Gasteiger partial charge in [-0.25, -0.2) is 0 Å². The average molecular weight is 260 g/mol. The van der Waals surface area contributed by atoms with Crippen LogP contribution in [-0.4, -0.2) is 5.11 Å². The molecule has 0 spiro atoms. The van der Waals surface area contributed by atoms with E-state index in [9.17, 15) is 5.11 Å². The molecule has 0 aliphatic heterocycles. The van der Waals surface area contributed by atoms with Crippen molar-refractivity contribution in [1.29, 1.82) is 0 Å². The Morgan fingerprint density at radius 1 is 0.737 bits per heavy atom. The van der Waals surface area contributed by atoms with Gasteiger partial charge in [-0.1, -0.05) is 19.3 Å². The van der Waals surface area contributed by atoms with E-state index in [4.69, 9.17) is 0 Å². The Morgan fingerprint density at radius 3 is 1.63 bits per heavy atom. The second-order valence-corrected chi connectivity index (χ2v) is 6.38. The molecule has 1 atom stereocenters. The van der Waals surface area contributed by atoms with Crippen molar-refractivity contribution in [2.24, 2.45) is 5.92 Å². The second kappa shape index (κ2) is 5.66. The van der Waals surface area contributed by atoms with Crippen LogP contribution in [0.15, 0.2) is 0 Å². The molecule has 1 N–H and O–H groups in total. The fraction of sp³-hybridized carbons (Fsp3) is 0.667. The van der Waals surface area contributed by atoms with Gasteiger partial charge >= 0.3 is 0 Å². The normalized spacial score (nSPS) is 18.6. The molecule has 1 aromatic carbocycles. The maximum Gasteiger partial charge on any atom is 0.0823 e. The zero-order valence-electron chi connectivity index (χ0n) is 13.1. The van der Waals surface area contributed by atoms with Crippen LogP contribution in [0, 0.1) is 40.5 Å². The van der Waals surface area contributed by atoms with Crippen LogP contribution < -0.4 is 0 Å². The molecule has 0 saturated heterocycles. The minimum atomic E-state index is -0.265. The molecular weight excluding hydrogens is 232 g/mol. The number of rotatable bonds is 2. The third-order valence-electron chi connectivity index (χ3n) is 5.45. The van der Waals surface area contributed by atoms with E-state index in [0.717, 1.165) is 0 Å². The predicted octanol–water partition coefficient (Wildman–Crippen LogP) is 4.84. The van der Waals surface area contributed by atoms with E-state index in [1.807, 2.05) is 0 Å². The van der Waals surface area contributed by atoms with Crippen LogP contribution in [-0.2, 0) is 0 Å². The molecule has 1 heteroatoms. The highest BCUT2D eigenvalue weighted by molar-refractivity contribution is 5.50. The quantitative estimate of drug-likeness (QED) is 0.806. The van der Waals surface area contributed by atoms with Crippen LogP contribution in [0.4, 0.5) is 0 Å². The molecule has 2 rings (SSSR count). The molecule has 1 saturated carbocycles. The third kappa shape index (κ3) is 2.58. The van der Waals surface area contributed by atoms with E-state index in [0.29, 0.717) is 5.92 Å². The monoisotopic (exact) mass is 260 g/mol. The van der Waals surface area contributed by atoms with Gasteiger partial charge in [0.1, 0.15) is 0 Å². The van der Waals surface area contributed by atoms with Gasteiger partial charge in [-0.05, 0) is 86.8 Å². The Kier molecular flexibility index (Phi) is 4.35. The molecule has 106 valence electrons. The van der Waals surface area contributed by atoms with Crippen molar-refractivity contribution >= 4 is 0 Å². The Hall–Kier alpha value is -0.820. The van der Waals surface area contributed by atoms with Gasteiger partial charge in [0.15, 0.2) is 0 Å². The second-order valence-electron chi connectivity index (χ2n) is 6.38. The Morgan fingerprint density at radius 2 is 1.16 bits per heavy atom. The average Bonchev–Trinajstić information content (AvgIpc) is 2.44. The molecule has 19 heavy (non-hydrogen) atoms. The summed E-state index contributed by atoms with van der Waals surface area (Å²) in [5.41, 5.74) is 7.92. The molecule has 0 aromatic heterocycles. The topological polar surface area (TPSA) is 20.2 Å². The van der Waals surface area contributed by atoms with E-state index >= 15 is 0 Å². The highest BCUT2D eigenvalue weighted by atomic mass is 16.3. The van der Waals surface area contributed by atoms with Crippen molar-refractivity contribution in [2.75, 3.05) is 0 Å². The first-order valence-electron chi connectivity index (χ1n) is 7.70. The van der Waals surface area contributed by atoms with Gasteiger partial charge < -0.3 is 5.11 Å². The maximum absolute atomic E-state index is 10.8. The molecule has 0 amide bonds. The smallest absolute Gasteiger partial charge is 0.0823 e. The summed E-state index contributed by atoms with van der Waals surface area (Å²) in [5.74, 6) is 0.465. The summed E-state index contributed by atoms with van der Waals surface area (Å²) >= 11 is 0. The van der Waals surface area contributed by atoms with E-state index in [-0.39, 0.29) is 6.10 Å². The van der Waals surface area contributed by atoms with Crippen molar-refractivity contribution in [1.82, 2.24) is 0 Å². The molecule has 0 radical (unpaired) electrons. The van der Waals surface area contributed by atoms with Crippen LogP contribution in [0.25, 0.3) is 0 Å². The summed E-state index contributed by atoms with van der Waals surface area (Å²) in [4.78, 5) is 0. The predicted molar refractivity (Wildman–Crippen MR) is 81.7 cm³/mol. The van der Waals surface area contributed by atoms with Gasteiger partial charge in [-0.15, -0.1) is 0 Å². The summed E-state index contributed by atoms with van der Waals surface area (Å²) in [6, 6.07) is 0. The third-order valence-corrected chi connectivity index (χ3v) is 5.45. The minimum Gasteiger partial charge on any atom is -0.388 e. The Balaban J connectivity index is 2.43. The molecule has 1 aliphatic carbocycles. The highest BCUT2D eigenvalue weighted by Gasteiger charge is 2.27. The van der Waals surface area contributed by atoms with Crippen LogP contribution in [0.2, 0.25) is 0 Å². The number of benzene rings is 1. The molecule has 1 fully saturated rings. The van der Waals surface area contributed by atoms with E-state index in [1.54, 1.807) is 0 Å². The van der Waals surface area contributed by atoms with Gasteiger partial charge in [0.05, 0.1) is 6.10 Å². The molecular formula is C18H28O. The lowest BCUT2D eigenvalue weighted by Gasteiger charge is -2.30. The first-order valence-corrected chi connectivity index (χ1v) is 7.70. The highest BCUT2D eigenvalue weighted by Crippen LogP contribution is 2.39. The fourth-order valence-corrected chi connectivity index (χ4v) is 3.66. The van der Waals surface area contributed by atoms with Crippen LogP contribution in [0.3, 0.4) is 0 Å². The first-order chi connectivity index (χ1) is 8.95. The van der Waals surface area contributed by atoms with Crippen molar-refractivity contribution < 1.29 is 5.11 Å². The number of aliphatic hydroxyl groups excluding tert-OH is 1. The molecule has 0 heterocycles. The van der Waals surface area contributed by atoms with Crippen LogP contribution in [0.1, 0.15) is 71.6 Å². The Labute approximate surface area is 118 Å².